The fraction of sp³-hybridized carbons (Fsp3) is 0.750. The third-order valence-electron chi connectivity index (χ3n) is 3.33. The molecule has 0 spiro atoms. The van der Waals surface area contributed by atoms with Crippen LogP contribution in [0.1, 0.15) is 44.9 Å². The van der Waals surface area contributed by atoms with Crippen LogP contribution >= 0.6 is 0 Å². The second-order valence-corrected chi connectivity index (χ2v) is 4.77. The molecular formula is C12H19NO2. The van der Waals surface area contributed by atoms with Crippen LogP contribution in [-0.4, -0.2) is 23.2 Å². The summed E-state index contributed by atoms with van der Waals surface area (Å²) in [5, 5.41) is 12.0. The van der Waals surface area contributed by atoms with Gasteiger partial charge < -0.3 is 10.4 Å². The molecule has 0 aromatic carbocycles. The first-order valence-electron chi connectivity index (χ1n) is 5.84. The Bertz CT molecular complexity index is 279. The van der Waals surface area contributed by atoms with Crippen molar-refractivity contribution in [3.05, 3.63) is 11.6 Å². The van der Waals surface area contributed by atoms with Gasteiger partial charge in [0.15, 0.2) is 0 Å². The molecule has 3 nitrogen and oxygen atoms in total. The van der Waals surface area contributed by atoms with E-state index in [1.54, 1.807) is 0 Å². The van der Waals surface area contributed by atoms with Gasteiger partial charge in [-0.25, -0.2) is 0 Å². The molecule has 0 aliphatic heterocycles. The molecule has 0 aromatic rings. The van der Waals surface area contributed by atoms with Crippen LogP contribution in [0.3, 0.4) is 0 Å². The lowest BCUT2D eigenvalue weighted by Gasteiger charge is -2.16. The number of carbonyl (C=O) groups is 1. The van der Waals surface area contributed by atoms with E-state index in [9.17, 15) is 4.79 Å². The second kappa shape index (κ2) is 4.35. The zero-order chi connectivity index (χ0) is 10.7. The molecule has 0 atom stereocenters. The van der Waals surface area contributed by atoms with E-state index in [4.69, 9.17) is 5.11 Å². The van der Waals surface area contributed by atoms with Crippen molar-refractivity contribution in [1.29, 1.82) is 0 Å². The molecule has 84 valence electrons. The van der Waals surface area contributed by atoms with Crippen LogP contribution in [0.25, 0.3) is 0 Å². The summed E-state index contributed by atoms with van der Waals surface area (Å²) in [7, 11) is 0. The molecule has 0 heterocycles. The van der Waals surface area contributed by atoms with Crippen molar-refractivity contribution in [2.24, 2.45) is 0 Å². The maximum Gasteiger partial charge on any atom is 0.224 e. The zero-order valence-corrected chi connectivity index (χ0v) is 9.09. The Balaban J connectivity index is 1.79. The van der Waals surface area contributed by atoms with Gasteiger partial charge in [-0.2, -0.15) is 0 Å². The minimum absolute atomic E-state index is 0.0784. The van der Waals surface area contributed by atoms with Crippen LogP contribution < -0.4 is 5.32 Å². The standard InChI is InChI=1S/C12H19NO2/c14-9-12(6-7-12)13-11(15)8-10-4-2-1-3-5-10/h4,14H,1-3,5-9H2,(H,13,15). The summed E-state index contributed by atoms with van der Waals surface area (Å²) in [6.45, 7) is 0.0811. The van der Waals surface area contributed by atoms with Gasteiger partial charge in [-0.05, 0) is 38.5 Å². The Morgan fingerprint density at radius 2 is 2.27 bits per heavy atom. The highest BCUT2D eigenvalue weighted by atomic mass is 16.3. The monoisotopic (exact) mass is 209 g/mol. The highest BCUT2D eigenvalue weighted by Crippen LogP contribution is 2.34. The molecule has 1 saturated carbocycles. The zero-order valence-electron chi connectivity index (χ0n) is 9.09. The van der Waals surface area contributed by atoms with Gasteiger partial charge in [0, 0.05) is 6.42 Å². The van der Waals surface area contributed by atoms with Gasteiger partial charge in [0.25, 0.3) is 0 Å². The van der Waals surface area contributed by atoms with E-state index in [0.29, 0.717) is 6.42 Å². The van der Waals surface area contributed by atoms with Crippen molar-refractivity contribution >= 4 is 5.91 Å². The molecule has 15 heavy (non-hydrogen) atoms. The number of rotatable bonds is 4. The summed E-state index contributed by atoms with van der Waals surface area (Å²) in [5.41, 5.74) is 1.01. The minimum Gasteiger partial charge on any atom is -0.394 e. The smallest absolute Gasteiger partial charge is 0.224 e. The molecule has 0 saturated heterocycles. The fourth-order valence-corrected chi connectivity index (χ4v) is 2.08. The van der Waals surface area contributed by atoms with E-state index in [2.05, 4.69) is 11.4 Å². The SMILES string of the molecule is O=C(CC1=CCCCC1)NC1(CO)CC1. The maximum absolute atomic E-state index is 11.7. The van der Waals surface area contributed by atoms with E-state index in [0.717, 1.165) is 25.7 Å². The van der Waals surface area contributed by atoms with Gasteiger partial charge in [0.1, 0.15) is 0 Å². The quantitative estimate of drug-likeness (QED) is 0.690. The number of carbonyl (C=O) groups excluding carboxylic acids is 1. The van der Waals surface area contributed by atoms with E-state index in [1.807, 2.05) is 0 Å². The first-order valence-corrected chi connectivity index (χ1v) is 5.84. The normalized spacial score (nSPS) is 23.1. The Hall–Kier alpha value is -0.830. The van der Waals surface area contributed by atoms with E-state index in [1.165, 1.54) is 18.4 Å². The molecule has 3 heteroatoms. The lowest BCUT2D eigenvalue weighted by Crippen LogP contribution is -2.39. The lowest BCUT2D eigenvalue weighted by molar-refractivity contribution is -0.121. The fourth-order valence-electron chi connectivity index (χ4n) is 2.08. The second-order valence-electron chi connectivity index (χ2n) is 4.77. The van der Waals surface area contributed by atoms with E-state index in [-0.39, 0.29) is 18.1 Å². The third-order valence-corrected chi connectivity index (χ3v) is 3.33. The van der Waals surface area contributed by atoms with Crippen molar-refractivity contribution in [1.82, 2.24) is 5.32 Å². The summed E-state index contributed by atoms with van der Waals surface area (Å²) in [5.74, 6) is 0.0784. The first-order chi connectivity index (χ1) is 7.24. The number of allylic oxidation sites excluding steroid dienone is 1. The number of amides is 1. The number of hydrogen-bond acceptors (Lipinski definition) is 2. The van der Waals surface area contributed by atoms with Gasteiger partial charge in [-0.3, -0.25) is 4.79 Å². The van der Waals surface area contributed by atoms with Crippen molar-refractivity contribution in [2.75, 3.05) is 6.61 Å². The Morgan fingerprint density at radius 1 is 1.47 bits per heavy atom. The van der Waals surface area contributed by atoms with Gasteiger partial charge >= 0.3 is 0 Å². The summed E-state index contributed by atoms with van der Waals surface area (Å²) in [4.78, 5) is 11.7. The molecule has 2 aliphatic carbocycles. The van der Waals surface area contributed by atoms with Crippen LogP contribution in [0.2, 0.25) is 0 Å². The molecule has 0 unspecified atom stereocenters. The number of nitrogens with one attached hydrogen (secondary N) is 1. The minimum atomic E-state index is -0.258. The topological polar surface area (TPSA) is 49.3 Å². The summed E-state index contributed by atoms with van der Waals surface area (Å²) in [6, 6.07) is 0. The molecule has 0 radical (unpaired) electrons. The van der Waals surface area contributed by atoms with Crippen molar-refractivity contribution in [3.8, 4) is 0 Å². The molecule has 0 aromatic heterocycles. The Morgan fingerprint density at radius 3 is 2.80 bits per heavy atom. The third kappa shape index (κ3) is 2.81. The van der Waals surface area contributed by atoms with Crippen LogP contribution in [0, 0.1) is 0 Å². The van der Waals surface area contributed by atoms with E-state index >= 15 is 0 Å². The summed E-state index contributed by atoms with van der Waals surface area (Å²) >= 11 is 0. The molecule has 2 aliphatic rings. The Labute approximate surface area is 90.6 Å². The van der Waals surface area contributed by atoms with Gasteiger partial charge in [0.2, 0.25) is 5.91 Å². The Kier molecular flexibility index (Phi) is 3.10. The lowest BCUT2D eigenvalue weighted by atomic mass is 9.97. The molecule has 2 N–H and O–H groups in total. The van der Waals surface area contributed by atoms with Gasteiger partial charge in [-0.1, -0.05) is 11.6 Å². The maximum atomic E-state index is 11.7. The van der Waals surface area contributed by atoms with Crippen molar-refractivity contribution < 1.29 is 9.90 Å². The van der Waals surface area contributed by atoms with Crippen LogP contribution in [0.4, 0.5) is 0 Å². The molecule has 0 bridgehead atoms. The predicted octanol–water partition coefficient (Wildman–Crippen LogP) is 1.52. The predicted molar refractivity (Wildman–Crippen MR) is 58.4 cm³/mol. The molecule has 1 amide bonds. The largest absolute Gasteiger partial charge is 0.394 e. The van der Waals surface area contributed by atoms with Crippen LogP contribution in [0.5, 0.6) is 0 Å². The highest BCUT2D eigenvalue weighted by Gasteiger charge is 2.43. The van der Waals surface area contributed by atoms with Crippen LogP contribution in [-0.2, 0) is 4.79 Å². The summed E-state index contributed by atoms with van der Waals surface area (Å²) < 4.78 is 0. The van der Waals surface area contributed by atoms with Crippen LogP contribution in [0.15, 0.2) is 11.6 Å². The first kappa shape index (κ1) is 10.7. The van der Waals surface area contributed by atoms with Crippen molar-refractivity contribution in [2.45, 2.75) is 50.5 Å². The average Bonchev–Trinajstić information content (AvgIpc) is 3.00. The summed E-state index contributed by atoms with van der Waals surface area (Å²) in [6.07, 6.45) is 9.23. The van der Waals surface area contributed by atoms with Crippen molar-refractivity contribution in [3.63, 3.8) is 0 Å². The average molecular weight is 209 g/mol. The number of hydrogen-bond donors (Lipinski definition) is 2. The van der Waals surface area contributed by atoms with E-state index < -0.39 is 0 Å². The highest BCUT2D eigenvalue weighted by molar-refractivity contribution is 5.79. The van der Waals surface area contributed by atoms with Gasteiger partial charge in [-0.15, -0.1) is 0 Å². The molecular weight excluding hydrogens is 190 g/mol. The molecule has 1 fully saturated rings. The molecule has 2 rings (SSSR count). The van der Waals surface area contributed by atoms with Gasteiger partial charge in [0.05, 0.1) is 12.1 Å². The number of aliphatic hydroxyl groups excluding tert-OH is 1. The number of aliphatic hydroxyl groups is 1.